The first-order valence-electron chi connectivity index (χ1n) is 9.00. The molecule has 0 aliphatic rings. The number of fused-ring (bicyclic) bond motifs is 1. The van der Waals surface area contributed by atoms with E-state index in [0.717, 1.165) is 10.8 Å². The quantitative estimate of drug-likeness (QED) is 0.280. The number of halogens is 2. The van der Waals surface area contributed by atoms with Gasteiger partial charge in [-0.05, 0) is 53.2 Å². The summed E-state index contributed by atoms with van der Waals surface area (Å²) >= 11 is 12.1. The Kier molecular flexibility index (Phi) is 5.58. The van der Waals surface area contributed by atoms with Crippen molar-refractivity contribution in [1.29, 1.82) is 5.26 Å². The van der Waals surface area contributed by atoms with Gasteiger partial charge in [-0.3, -0.25) is 4.79 Å². The third-order valence-corrected chi connectivity index (χ3v) is 4.87. The topological polar surface area (TPSA) is 66.0 Å². The van der Waals surface area contributed by atoms with Crippen molar-refractivity contribution in [2.75, 3.05) is 5.32 Å². The maximum Gasteiger partial charge on any atom is 0.266 e. The summed E-state index contributed by atoms with van der Waals surface area (Å²) in [6, 6.07) is 23.8. The zero-order valence-corrected chi connectivity index (χ0v) is 17.0. The van der Waals surface area contributed by atoms with Crippen LogP contribution in [0.1, 0.15) is 5.76 Å². The Morgan fingerprint density at radius 1 is 0.933 bits per heavy atom. The summed E-state index contributed by atoms with van der Waals surface area (Å²) in [6.07, 6.45) is 1.39. The lowest BCUT2D eigenvalue weighted by Crippen LogP contribution is -2.13. The molecule has 0 atom stereocenters. The fourth-order valence-electron chi connectivity index (χ4n) is 3.04. The Morgan fingerprint density at radius 3 is 2.40 bits per heavy atom. The minimum atomic E-state index is -0.517. The van der Waals surface area contributed by atoms with Crippen molar-refractivity contribution in [3.05, 3.63) is 94.2 Å². The fourth-order valence-corrected chi connectivity index (χ4v) is 3.56. The van der Waals surface area contributed by atoms with Crippen LogP contribution in [-0.2, 0) is 4.79 Å². The molecular formula is C24H14Cl2N2O2. The van der Waals surface area contributed by atoms with Gasteiger partial charge >= 0.3 is 0 Å². The number of benzene rings is 3. The van der Waals surface area contributed by atoms with E-state index in [4.69, 9.17) is 27.6 Å². The predicted octanol–water partition coefficient (Wildman–Crippen LogP) is 6.95. The minimum absolute atomic E-state index is 0.0758. The van der Waals surface area contributed by atoms with Crippen molar-refractivity contribution >= 4 is 51.6 Å². The number of hydrogen-bond donors (Lipinski definition) is 1. The number of hydrogen-bond acceptors (Lipinski definition) is 3. The molecule has 4 rings (SSSR count). The lowest BCUT2D eigenvalue weighted by atomic mass is 10.1. The largest absolute Gasteiger partial charge is 0.457 e. The number of nitrogens with one attached hydrogen (secondary N) is 1. The first-order valence-corrected chi connectivity index (χ1v) is 9.76. The highest BCUT2D eigenvalue weighted by Crippen LogP contribution is 2.29. The van der Waals surface area contributed by atoms with Gasteiger partial charge in [0.05, 0.1) is 0 Å². The Morgan fingerprint density at radius 2 is 1.67 bits per heavy atom. The van der Waals surface area contributed by atoms with Crippen molar-refractivity contribution in [2.45, 2.75) is 0 Å². The maximum atomic E-state index is 12.6. The van der Waals surface area contributed by atoms with E-state index in [1.54, 1.807) is 36.4 Å². The lowest BCUT2D eigenvalue weighted by molar-refractivity contribution is -0.112. The molecule has 0 radical (unpaired) electrons. The van der Waals surface area contributed by atoms with E-state index in [1.807, 2.05) is 42.5 Å². The zero-order valence-electron chi connectivity index (χ0n) is 15.5. The molecule has 0 unspecified atom stereocenters. The van der Waals surface area contributed by atoms with Gasteiger partial charge in [0, 0.05) is 27.4 Å². The lowest BCUT2D eigenvalue weighted by Gasteiger charge is -2.06. The van der Waals surface area contributed by atoms with Crippen LogP contribution in [-0.4, -0.2) is 5.91 Å². The fraction of sp³-hybridized carbons (Fsp3) is 0. The molecule has 4 nitrogen and oxygen atoms in total. The zero-order chi connectivity index (χ0) is 21.1. The molecule has 0 fully saturated rings. The maximum absolute atomic E-state index is 12.6. The summed E-state index contributed by atoms with van der Waals surface area (Å²) in [4.78, 5) is 12.6. The van der Waals surface area contributed by atoms with Crippen LogP contribution >= 0.6 is 23.2 Å². The minimum Gasteiger partial charge on any atom is -0.457 e. The number of amides is 1. The van der Waals surface area contributed by atoms with Crippen LogP contribution in [0.4, 0.5) is 5.69 Å². The number of nitriles is 1. The Balaban J connectivity index is 1.56. The molecule has 0 aliphatic heterocycles. The summed E-state index contributed by atoms with van der Waals surface area (Å²) in [7, 11) is 0. The highest BCUT2D eigenvalue weighted by molar-refractivity contribution is 6.35. The summed E-state index contributed by atoms with van der Waals surface area (Å²) in [5, 5.41) is 15.2. The molecule has 1 amide bonds. The average Bonchev–Trinajstić information content (AvgIpc) is 3.20. The second kappa shape index (κ2) is 8.46. The third kappa shape index (κ3) is 4.38. The first-order chi connectivity index (χ1) is 14.5. The molecule has 146 valence electrons. The second-order valence-corrected chi connectivity index (χ2v) is 7.42. The number of carbonyl (C=O) groups excluding carboxylic acids is 1. The van der Waals surface area contributed by atoms with Gasteiger partial charge in [-0.15, -0.1) is 0 Å². The van der Waals surface area contributed by atoms with Gasteiger partial charge in [0.1, 0.15) is 23.2 Å². The summed E-state index contributed by atoms with van der Waals surface area (Å²) < 4.78 is 5.75. The van der Waals surface area contributed by atoms with E-state index in [9.17, 15) is 10.1 Å². The number of anilines is 1. The molecule has 3 aromatic carbocycles. The highest BCUT2D eigenvalue weighted by atomic mass is 35.5. The predicted molar refractivity (Wildman–Crippen MR) is 120 cm³/mol. The highest BCUT2D eigenvalue weighted by Gasteiger charge is 2.12. The molecule has 0 saturated heterocycles. The van der Waals surface area contributed by atoms with E-state index < -0.39 is 5.91 Å². The molecule has 30 heavy (non-hydrogen) atoms. The molecular weight excluding hydrogens is 419 g/mol. The molecule has 6 heteroatoms. The number of nitrogens with zero attached hydrogens (tertiary/aromatic N) is 1. The van der Waals surface area contributed by atoms with Crippen molar-refractivity contribution in [3.63, 3.8) is 0 Å². The van der Waals surface area contributed by atoms with E-state index in [0.29, 0.717) is 32.8 Å². The van der Waals surface area contributed by atoms with Gasteiger partial charge in [0.15, 0.2) is 0 Å². The second-order valence-electron chi connectivity index (χ2n) is 6.55. The van der Waals surface area contributed by atoms with Crippen molar-refractivity contribution in [1.82, 2.24) is 0 Å². The van der Waals surface area contributed by atoms with Crippen LogP contribution in [0, 0.1) is 11.3 Å². The van der Waals surface area contributed by atoms with Crippen molar-refractivity contribution in [3.8, 4) is 17.4 Å². The normalized spacial score (nSPS) is 11.3. The molecule has 0 spiro atoms. The van der Waals surface area contributed by atoms with Gasteiger partial charge in [-0.25, -0.2) is 0 Å². The monoisotopic (exact) mass is 432 g/mol. The van der Waals surface area contributed by atoms with E-state index in [-0.39, 0.29) is 5.57 Å². The van der Waals surface area contributed by atoms with Crippen molar-refractivity contribution in [2.24, 2.45) is 0 Å². The smallest absolute Gasteiger partial charge is 0.266 e. The van der Waals surface area contributed by atoms with Gasteiger partial charge in [-0.2, -0.15) is 5.26 Å². The van der Waals surface area contributed by atoms with E-state index in [1.165, 1.54) is 6.08 Å². The Hall–Kier alpha value is -3.52. The van der Waals surface area contributed by atoms with Crippen LogP contribution in [0.2, 0.25) is 10.0 Å². The first kappa shape index (κ1) is 19.8. The Labute approximate surface area is 183 Å². The van der Waals surface area contributed by atoms with Gasteiger partial charge in [0.2, 0.25) is 0 Å². The van der Waals surface area contributed by atoms with Crippen LogP contribution in [0.25, 0.3) is 28.2 Å². The van der Waals surface area contributed by atoms with E-state index in [2.05, 4.69) is 5.32 Å². The molecule has 0 aliphatic carbocycles. The van der Waals surface area contributed by atoms with Crippen molar-refractivity contribution < 1.29 is 9.21 Å². The summed E-state index contributed by atoms with van der Waals surface area (Å²) in [5.74, 6) is 0.376. The standard InChI is InChI=1S/C24H14Cl2N2O2/c25-19-9-17(10-20(26)13-19)23-8-7-22(30-23)12-18(14-27)24(29)28-21-6-5-15-3-1-2-4-16(15)11-21/h1-13H,(H,28,29)/b18-12+. The van der Waals surface area contributed by atoms with Crippen LogP contribution in [0.5, 0.6) is 0 Å². The Bertz CT molecular complexity index is 1310. The average molecular weight is 433 g/mol. The van der Waals surface area contributed by atoms with Crippen LogP contribution in [0.15, 0.2) is 82.8 Å². The third-order valence-electron chi connectivity index (χ3n) is 4.43. The summed E-state index contributed by atoms with van der Waals surface area (Å²) in [5.41, 5.74) is 1.23. The van der Waals surface area contributed by atoms with E-state index >= 15 is 0 Å². The van der Waals surface area contributed by atoms with Crippen LogP contribution in [0.3, 0.4) is 0 Å². The van der Waals surface area contributed by atoms with Gasteiger partial charge in [0.25, 0.3) is 5.91 Å². The molecule has 4 aromatic rings. The van der Waals surface area contributed by atoms with Crippen LogP contribution < -0.4 is 5.32 Å². The molecule has 1 heterocycles. The van der Waals surface area contributed by atoms with Gasteiger partial charge < -0.3 is 9.73 Å². The SMILES string of the molecule is N#C/C(=C\c1ccc(-c2cc(Cl)cc(Cl)c2)o1)C(=O)Nc1ccc2ccccc2c1. The summed E-state index contributed by atoms with van der Waals surface area (Å²) in [6.45, 7) is 0. The molecule has 0 bridgehead atoms. The molecule has 1 aromatic heterocycles. The van der Waals surface area contributed by atoms with Gasteiger partial charge in [-0.1, -0.05) is 53.5 Å². The number of rotatable bonds is 4. The number of furan rings is 1. The number of carbonyl (C=O) groups is 1. The molecule has 1 N–H and O–H groups in total. The molecule has 0 saturated carbocycles.